The van der Waals surface area contributed by atoms with Crippen molar-refractivity contribution in [3.8, 4) is 0 Å². The molecule has 0 N–H and O–H groups in total. The molecule has 58 valence electrons. The van der Waals surface area contributed by atoms with Crippen LogP contribution in [0.15, 0.2) is 0 Å². The zero-order valence-corrected chi connectivity index (χ0v) is 6.01. The molecule has 4 heteroatoms. The Balaban J connectivity index is -0.000000249. The molecule has 0 spiro atoms. The first-order chi connectivity index (χ1) is 5.89. The van der Waals surface area contributed by atoms with Crippen LogP contribution in [0.5, 0.6) is 0 Å². The fraction of sp³-hybridized carbons (Fsp3) is 0.600. The summed E-state index contributed by atoms with van der Waals surface area (Å²) in [7, 11) is 0. The number of aliphatic carboxylic acids is 1. The fourth-order valence-electron chi connectivity index (χ4n) is 0. The Labute approximate surface area is 78.4 Å². The molecule has 0 aromatic carbocycles. The van der Waals surface area contributed by atoms with Gasteiger partial charge in [-0.2, -0.15) is 0 Å². The molecule has 0 aliphatic heterocycles. The van der Waals surface area contributed by atoms with Crippen LogP contribution in [0.4, 0.5) is 0 Å². The second-order valence-corrected chi connectivity index (χ2v) is 0.821. The minimum Gasteiger partial charge on any atom is -0.550 e. The van der Waals surface area contributed by atoms with E-state index in [4.69, 9.17) is 18.1 Å². The number of carboxylic acid groups (broad SMARTS) is 1. The largest absolute Gasteiger partial charge is 1.00 e. The summed E-state index contributed by atoms with van der Waals surface area (Å²) in [5, 5.41) is 8.89. The third-order valence-electron chi connectivity index (χ3n) is 0. The molecular formula is C5H9AgO3. The zero-order valence-electron chi connectivity index (χ0n) is 10.5. The molecule has 0 amide bonds. The molecule has 0 unspecified atom stereocenters. The second kappa shape index (κ2) is 10.8. The Bertz CT molecular complexity index is 200. The summed E-state index contributed by atoms with van der Waals surface area (Å²) in [6.07, 6.45) is 0. The van der Waals surface area contributed by atoms with Gasteiger partial charge in [-0.1, -0.05) is 0 Å². The van der Waals surface area contributed by atoms with E-state index in [1.54, 1.807) is 0 Å². The molecule has 9 heavy (non-hydrogen) atoms. The van der Waals surface area contributed by atoms with E-state index in [1.807, 2.05) is 0 Å². The number of carbonyl (C=O) groups is 2. The van der Waals surface area contributed by atoms with Crippen molar-refractivity contribution in [1.82, 2.24) is 0 Å². The molecule has 0 fully saturated rings. The smallest absolute Gasteiger partial charge is 0.550 e. The van der Waals surface area contributed by atoms with Crippen LogP contribution in [0, 0.1) is 0 Å². The van der Waals surface area contributed by atoms with Crippen LogP contribution in [-0.4, -0.2) is 11.8 Å². The van der Waals surface area contributed by atoms with Gasteiger partial charge in [0.05, 0.1) is 0 Å². The molecule has 0 bridgehead atoms. The summed E-state index contributed by atoms with van der Waals surface area (Å²) in [5.41, 5.74) is 0. The van der Waals surface area contributed by atoms with Gasteiger partial charge in [-0.3, -0.25) is 0 Å². The zero-order chi connectivity index (χ0) is 12.2. The maximum atomic E-state index is 10.4. The second-order valence-electron chi connectivity index (χ2n) is 0.821. The van der Waals surface area contributed by atoms with Gasteiger partial charge < -0.3 is 14.7 Å². The van der Waals surface area contributed by atoms with Crippen LogP contribution >= 0.6 is 0 Å². The number of hydrogen-bond donors (Lipinski definition) is 0. The van der Waals surface area contributed by atoms with Gasteiger partial charge in [0.2, 0.25) is 0 Å². The molecule has 0 saturated heterocycles. The van der Waals surface area contributed by atoms with Crippen LogP contribution in [-0.2, 0) is 32.0 Å². The van der Waals surface area contributed by atoms with Gasteiger partial charge in [0.15, 0.2) is 0 Å². The molecular weight excluding hydrogens is 216 g/mol. The Morgan fingerprint density at radius 3 is 1.67 bits per heavy atom. The molecule has 3 nitrogen and oxygen atoms in total. The fourth-order valence-corrected chi connectivity index (χ4v) is 0. The Hall–Kier alpha value is -0.120. The van der Waals surface area contributed by atoms with E-state index in [9.17, 15) is 4.79 Å². The van der Waals surface area contributed by atoms with E-state index in [0.29, 0.717) is 0 Å². The molecule has 0 rings (SSSR count). The molecule has 0 atom stereocenters. The van der Waals surface area contributed by atoms with Crippen molar-refractivity contribution in [3.63, 3.8) is 0 Å². The summed E-state index contributed by atoms with van der Waals surface area (Å²) >= 11 is 0. The first-order valence-electron chi connectivity index (χ1n) is 4.61. The molecule has 0 aliphatic carbocycles. The van der Waals surface area contributed by atoms with Crippen molar-refractivity contribution >= 4 is 11.8 Å². The molecule has 0 aromatic heterocycles. The first-order valence-corrected chi connectivity index (χ1v) is 1.61. The monoisotopic (exact) mass is 230 g/mol. The molecule has 0 heterocycles. The van der Waals surface area contributed by atoms with E-state index in [0.717, 1.165) is 6.92 Å². The molecule has 0 saturated carbocycles. The molecule has 0 aromatic rings. The van der Waals surface area contributed by atoms with Crippen LogP contribution in [0.2, 0.25) is 0 Å². The van der Waals surface area contributed by atoms with E-state index in [1.165, 1.54) is 0 Å². The number of hydrogen-bond acceptors (Lipinski definition) is 3. The number of carbonyl (C=O) groups excluding carboxylic acids is 2. The number of carboxylic acids is 1. The normalized spacial score (nSPS) is 18.3. The summed E-state index contributed by atoms with van der Waals surface area (Å²) in [5.74, 6) is -2.76. The van der Waals surface area contributed by atoms with Crippen molar-refractivity contribution in [2.24, 2.45) is 0 Å². The standard InChI is InChI=1S/C3H6O.C2H4O2.Ag/c1-3(2)4;1-2(3)4;/h1-2H3;1H3,(H,3,4);/q;;+1/p-1/i1D3,2D3;;. The average Bonchev–Trinajstić information content (AvgIpc) is 1.80. The van der Waals surface area contributed by atoms with Crippen molar-refractivity contribution in [1.29, 1.82) is 0 Å². The number of Topliss-reactive ketones (excluding diaryl/α,β-unsaturated/α-hetero) is 1. The molecule has 0 radical (unpaired) electrons. The average molecular weight is 231 g/mol. The van der Waals surface area contributed by atoms with Gasteiger partial charge in [-0.15, -0.1) is 0 Å². The van der Waals surface area contributed by atoms with Gasteiger partial charge in [-0.05, 0) is 20.6 Å². The van der Waals surface area contributed by atoms with E-state index in [2.05, 4.69) is 0 Å². The SMILES string of the molecule is CC(=O)[O-].[2H]C([2H])([2H])C(=O)C([2H])([2H])[2H].[Ag+]. The topological polar surface area (TPSA) is 57.2 Å². The van der Waals surface area contributed by atoms with Gasteiger partial charge >= 0.3 is 22.4 Å². The minimum absolute atomic E-state index is 0. The van der Waals surface area contributed by atoms with Gasteiger partial charge in [0.1, 0.15) is 5.78 Å². The van der Waals surface area contributed by atoms with Crippen molar-refractivity contribution in [3.05, 3.63) is 0 Å². The van der Waals surface area contributed by atoms with E-state index >= 15 is 0 Å². The predicted molar refractivity (Wildman–Crippen MR) is 27.0 cm³/mol. The molecule has 0 aliphatic rings. The van der Waals surface area contributed by atoms with Crippen LogP contribution < -0.4 is 5.11 Å². The Morgan fingerprint density at radius 1 is 1.44 bits per heavy atom. The van der Waals surface area contributed by atoms with Crippen LogP contribution in [0.3, 0.4) is 0 Å². The van der Waals surface area contributed by atoms with Gasteiger partial charge in [0.25, 0.3) is 0 Å². The summed E-state index contributed by atoms with van der Waals surface area (Å²) in [4.78, 5) is 19.2. The van der Waals surface area contributed by atoms with Crippen molar-refractivity contribution in [2.45, 2.75) is 20.6 Å². The minimum atomic E-state index is -3.01. The van der Waals surface area contributed by atoms with E-state index in [-0.39, 0.29) is 22.4 Å². The summed E-state index contributed by atoms with van der Waals surface area (Å²) < 4.78 is 38.5. The third-order valence-corrected chi connectivity index (χ3v) is 0. The third kappa shape index (κ3) is 19000. The van der Waals surface area contributed by atoms with Crippen LogP contribution in [0.1, 0.15) is 28.9 Å². The maximum Gasteiger partial charge on any atom is 1.00 e. The van der Waals surface area contributed by atoms with Gasteiger partial charge in [-0.25, -0.2) is 0 Å². The number of ketones is 1. The summed E-state index contributed by atoms with van der Waals surface area (Å²) in [6, 6.07) is 0. The Morgan fingerprint density at radius 2 is 1.67 bits per heavy atom. The van der Waals surface area contributed by atoms with Crippen molar-refractivity contribution in [2.75, 3.05) is 0 Å². The predicted octanol–water partition coefficient (Wildman–Crippen LogP) is -0.651. The van der Waals surface area contributed by atoms with Crippen LogP contribution in [0.25, 0.3) is 0 Å². The Kier molecular flexibility index (Phi) is 4.68. The number of rotatable bonds is 0. The van der Waals surface area contributed by atoms with E-state index < -0.39 is 25.5 Å². The quantitative estimate of drug-likeness (QED) is 0.520. The van der Waals surface area contributed by atoms with Crippen molar-refractivity contribution < 1.29 is 45.3 Å². The summed E-state index contributed by atoms with van der Waals surface area (Å²) in [6.45, 7) is -5.05. The van der Waals surface area contributed by atoms with Gasteiger partial charge in [0, 0.05) is 14.2 Å². The maximum absolute atomic E-state index is 10.4. The first kappa shape index (κ1) is 3.91.